The molecule has 0 bridgehead atoms. The molecule has 8 heteroatoms. The number of hydrazine groups is 1. The normalized spacial score (nSPS) is 23.8. The summed E-state index contributed by atoms with van der Waals surface area (Å²) in [7, 11) is 2.55. The SMILES string of the molecule is COC(=O)C1=C(C(=O)OC)C(c2ccccc2)N2CCC(=O)N2C1=NC1CCCCC1. The summed E-state index contributed by atoms with van der Waals surface area (Å²) >= 11 is 0. The first kappa shape index (κ1) is 21.2. The average Bonchev–Trinajstić information content (AvgIpc) is 3.20. The van der Waals surface area contributed by atoms with E-state index < -0.39 is 18.0 Å². The molecule has 4 rings (SSSR count). The quantitative estimate of drug-likeness (QED) is 0.689. The molecular weight excluding hydrogens is 398 g/mol. The molecule has 164 valence electrons. The van der Waals surface area contributed by atoms with Gasteiger partial charge in [-0.3, -0.25) is 9.79 Å². The number of benzene rings is 1. The Morgan fingerprint density at radius 1 is 1.00 bits per heavy atom. The van der Waals surface area contributed by atoms with Crippen LogP contribution in [0.3, 0.4) is 0 Å². The van der Waals surface area contributed by atoms with E-state index in [2.05, 4.69) is 0 Å². The zero-order valence-electron chi connectivity index (χ0n) is 17.9. The van der Waals surface area contributed by atoms with Gasteiger partial charge in [-0.1, -0.05) is 49.6 Å². The molecule has 31 heavy (non-hydrogen) atoms. The van der Waals surface area contributed by atoms with Crippen LogP contribution in [0.1, 0.15) is 50.1 Å². The van der Waals surface area contributed by atoms with E-state index in [9.17, 15) is 14.4 Å². The molecule has 1 unspecified atom stereocenters. The number of fused-ring (bicyclic) bond motifs is 1. The first-order valence-electron chi connectivity index (χ1n) is 10.7. The van der Waals surface area contributed by atoms with Crippen LogP contribution >= 0.6 is 0 Å². The third kappa shape index (κ3) is 3.87. The minimum atomic E-state index is -0.699. The molecular formula is C23H27N3O5. The summed E-state index contributed by atoms with van der Waals surface area (Å²) in [5.74, 6) is -1.28. The lowest BCUT2D eigenvalue weighted by molar-refractivity contribution is -0.142. The second-order valence-electron chi connectivity index (χ2n) is 7.95. The van der Waals surface area contributed by atoms with Gasteiger partial charge in [0.2, 0.25) is 5.91 Å². The minimum Gasteiger partial charge on any atom is -0.466 e. The standard InChI is InChI=1S/C23H27N3O5/c1-30-22(28)18-19(23(29)31-2)21(24-16-11-7-4-8-12-16)26-17(27)13-14-25(26)20(18)15-9-5-3-6-10-15/h3,5-6,9-10,16,20H,4,7-8,11-14H2,1-2H3. The van der Waals surface area contributed by atoms with Crippen molar-refractivity contribution < 1.29 is 23.9 Å². The van der Waals surface area contributed by atoms with Gasteiger partial charge in [0.25, 0.3) is 0 Å². The van der Waals surface area contributed by atoms with Gasteiger partial charge < -0.3 is 9.47 Å². The maximum atomic E-state index is 13.0. The first-order valence-corrected chi connectivity index (χ1v) is 10.7. The number of rotatable bonds is 4. The number of carbonyl (C=O) groups excluding carboxylic acids is 3. The van der Waals surface area contributed by atoms with Gasteiger partial charge in [-0.2, -0.15) is 5.01 Å². The van der Waals surface area contributed by atoms with Crippen LogP contribution in [-0.4, -0.2) is 60.5 Å². The number of ether oxygens (including phenoxy) is 2. The number of amidine groups is 1. The van der Waals surface area contributed by atoms with E-state index in [0.717, 1.165) is 37.7 Å². The van der Waals surface area contributed by atoms with E-state index in [0.29, 0.717) is 6.54 Å². The lowest BCUT2D eigenvalue weighted by atomic mass is 9.90. The summed E-state index contributed by atoms with van der Waals surface area (Å²) in [6.45, 7) is 0.414. The highest BCUT2D eigenvalue weighted by Crippen LogP contribution is 2.41. The van der Waals surface area contributed by atoms with Gasteiger partial charge >= 0.3 is 11.9 Å². The molecule has 1 saturated carbocycles. The molecule has 3 aliphatic rings. The van der Waals surface area contributed by atoms with Crippen LogP contribution in [0.4, 0.5) is 0 Å². The maximum absolute atomic E-state index is 13.0. The summed E-state index contributed by atoms with van der Waals surface area (Å²) in [6.07, 6.45) is 5.29. The van der Waals surface area contributed by atoms with Crippen molar-refractivity contribution in [2.24, 2.45) is 4.99 Å². The van der Waals surface area contributed by atoms with Gasteiger partial charge in [0.05, 0.1) is 31.9 Å². The molecule has 0 aromatic heterocycles. The Labute approximate surface area is 181 Å². The Bertz CT molecular complexity index is 934. The summed E-state index contributed by atoms with van der Waals surface area (Å²) < 4.78 is 10.2. The van der Waals surface area contributed by atoms with Gasteiger partial charge in [0, 0.05) is 13.0 Å². The monoisotopic (exact) mass is 425 g/mol. The smallest absolute Gasteiger partial charge is 0.342 e. The number of amides is 1. The van der Waals surface area contributed by atoms with E-state index in [4.69, 9.17) is 14.5 Å². The van der Waals surface area contributed by atoms with Crippen molar-refractivity contribution in [3.63, 3.8) is 0 Å². The van der Waals surface area contributed by atoms with E-state index in [1.807, 2.05) is 35.3 Å². The Morgan fingerprint density at radius 2 is 1.68 bits per heavy atom. The zero-order valence-corrected chi connectivity index (χ0v) is 17.9. The average molecular weight is 425 g/mol. The molecule has 1 aromatic rings. The predicted molar refractivity (Wildman–Crippen MR) is 113 cm³/mol. The lowest BCUT2D eigenvalue weighted by Crippen LogP contribution is -2.53. The molecule has 1 saturated heterocycles. The van der Waals surface area contributed by atoms with Crippen molar-refractivity contribution >= 4 is 23.7 Å². The summed E-state index contributed by atoms with van der Waals surface area (Å²) in [6, 6.07) is 8.66. The molecule has 8 nitrogen and oxygen atoms in total. The molecule has 2 aliphatic heterocycles. The molecule has 1 atom stereocenters. The summed E-state index contributed by atoms with van der Waals surface area (Å²) in [5.41, 5.74) is 0.946. The third-order valence-corrected chi connectivity index (χ3v) is 6.10. The van der Waals surface area contributed by atoms with Crippen molar-refractivity contribution in [3.05, 3.63) is 47.0 Å². The molecule has 1 aliphatic carbocycles. The Hall–Kier alpha value is -3.00. The fourth-order valence-electron chi connectivity index (χ4n) is 4.66. The van der Waals surface area contributed by atoms with Crippen LogP contribution in [0.5, 0.6) is 0 Å². The van der Waals surface area contributed by atoms with E-state index >= 15 is 0 Å². The number of nitrogens with zero attached hydrogens (tertiary/aromatic N) is 3. The van der Waals surface area contributed by atoms with Crippen LogP contribution in [0.2, 0.25) is 0 Å². The number of esters is 2. The molecule has 0 N–H and O–H groups in total. The number of hydrogen-bond donors (Lipinski definition) is 0. The van der Waals surface area contributed by atoms with Gasteiger partial charge in [0.15, 0.2) is 5.84 Å². The van der Waals surface area contributed by atoms with Crippen LogP contribution in [0, 0.1) is 0 Å². The molecule has 2 heterocycles. The number of aliphatic imine (C=N–C) groups is 1. The number of carbonyl (C=O) groups is 3. The highest BCUT2D eigenvalue weighted by Gasteiger charge is 2.50. The lowest BCUT2D eigenvalue weighted by Gasteiger charge is -2.41. The van der Waals surface area contributed by atoms with Crippen molar-refractivity contribution in [1.29, 1.82) is 0 Å². The fraction of sp³-hybridized carbons (Fsp3) is 0.478. The third-order valence-electron chi connectivity index (χ3n) is 6.10. The Kier molecular flexibility index (Phi) is 6.18. The largest absolute Gasteiger partial charge is 0.466 e. The fourth-order valence-corrected chi connectivity index (χ4v) is 4.66. The summed E-state index contributed by atoms with van der Waals surface area (Å²) in [5, 5.41) is 3.29. The van der Waals surface area contributed by atoms with Gasteiger partial charge in [-0.05, 0) is 18.4 Å². The number of hydrogen-bond acceptors (Lipinski definition) is 7. The molecule has 0 radical (unpaired) electrons. The first-order chi connectivity index (χ1) is 15.1. The Morgan fingerprint density at radius 3 is 2.32 bits per heavy atom. The van der Waals surface area contributed by atoms with Crippen molar-refractivity contribution in [2.75, 3.05) is 20.8 Å². The van der Waals surface area contributed by atoms with Crippen molar-refractivity contribution in [3.8, 4) is 0 Å². The zero-order chi connectivity index (χ0) is 22.0. The minimum absolute atomic E-state index is 0.00849. The van der Waals surface area contributed by atoms with E-state index in [-0.39, 0.29) is 35.4 Å². The van der Waals surface area contributed by atoms with Crippen molar-refractivity contribution in [2.45, 2.75) is 50.6 Å². The molecule has 2 fully saturated rings. The van der Waals surface area contributed by atoms with Gasteiger partial charge in [-0.15, -0.1) is 0 Å². The molecule has 1 aromatic carbocycles. The van der Waals surface area contributed by atoms with Gasteiger partial charge in [-0.25, -0.2) is 14.6 Å². The highest BCUT2D eigenvalue weighted by atomic mass is 16.5. The van der Waals surface area contributed by atoms with Crippen LogP contribution < -0.4 is 0 Å². The van der Waals surface area contributed by atoms with Crippen LogP contribution in [0.15, 0.2) is 46.5 Å². The second kappa shape index (κ2) is 9.01. The predicted octanol–water partition coefficient (Wildman–Crippen LogP) is 2.56. The molecule has 0 spiro atoms. The van der Waals surface area contributed by atoms with Crippen LogP contribution in [0.25, 0.3) is 0 Å². The van der Waals surface area contributed by atoms with E-state index in [1.54, 1.807) is 0 Å². The Balaban J connectivity index is 1.97. The van der Waals surface area contributed by atoms with E-state index in [1.165, 1.54) is 19.2 Å². The molecule has 1 amide bonds. The van der Waals surface area contributed by atoms with Gasteiger partial charge in [0.1, 0.15) is 5.57 Å². The highest BCUT2D eigenvalue weighted by molar-refractivity contribution is 6.26. The number of methoxy groups -OCH3 is 2. The second-order valence-corrected chi connectivity index (χ2v) is 7.95. The topological polar surface area (TPSA) is 88.5 Å². The summed E-state index contributed by atoms with van der Waals surface area (Å²) in [4.78, 5) is 43.8. The van der Waals surface area contributed by atoms with Crippen molar-refractivity contribution in [1.82, 2.24) is 10.0 Å². The maximum Gasteiger partial charge on any atom is 0.342 e. The van der Waals surface area contributed by atoms with Crippen LogP contribution in [-0.2, 0) is 23.9 Å².